The van der Waals surface area contributed by atoms with E-state index in [0.717, 1.165) is 54.9 Å². The van der Waals surface area contributed by atoms with Crippen LogP contribution in [-0.2, 0) is 9.63 Å². The van der Waals surface area contributed by atoms with Gasteiger partial charge in [0.25, 0.3) is 0 Å². The molecule has 3 aromatic rings. The SMILES string of the molecule is O=C(C1CCN(c2ncc3[nH]ccc3n2)CC1)N1OCC[C@H]1c1ccccc1. The van der Waals surface area contributed by atoms with Crippen LogP contribution < -0.4 is 4.90 Å². The van der Waals surface area contributed by atoms with Gasteiger partial charge in [-0.25, -0.2) is 15.0 Å². The van der Waals surface area contributed by atoms with E-state index < -0.39 is 0 Å². The van der Waals surface area contributed by atoms with E-state index in [1.54, 1.807) is 5.06 Å². The predicted molar refractivity (Wildman–Crippen MR) is 105 cm³/mol. The Morgan fingerprint density at radius 1 is 1.11 bits per heavy atom. The molecule has 7 nitrogen and oxygen atoms in total. The van der Waals surface area contributed by atoms with E-state index in [1.165, 1.54) is 0 Å². The first-order valence-electron chi connectivity index (χ1n) is 9.85. The number of fused-ring (bicyclic) bond motifs is 1. The fourth-order valence-corrected chi connectivity index (χ4v) is 4.16. The number of hydrogen-bond acceptors (Lipinski definition) is 5. The van der Waals surface area contributed by atoms with Crippen molar-refractivity contribution in [3.63, 3.8) is 0 Å². The first kappa shape index (κ1) is 17.2. The summed E-state index contributed by atoms with van der Waals surface area (Å²) in [7, 11) is 0. The normalized spacial score (nSPS) is 20.8. The number of rotatable bonds is 3. The van der Waals surface area contributed by atoms with Crippen LogP contribution in [0.15, 0.2) is 48.8 Å². The molecule has 2 aliphatic rings. The molecule has 28 heavy (non-hydrogen) atoms. The number of amides is 1. The van der Waals surface area contributed by atoms with E-state index in [4.69, 9.17) is 4.84 Å². The molecule has 1 N–H and O–H groups in total. The van der Waals surface area contributed by atoms with Gasteiger partial charge < -0.3 is 9.88 Å². The summed E-state index contributed by atoms with van der Waals surface area (Å²) in [5.41, 5.74) is 2.99. The van der Waals surface area contributed by atoms with Gasteiger partial charge in [-0.15, -0.1) is 0 Å². The van der Waals surface area contributed by atoms with Crippen LogP contribution in [-0.4, -0.2) is 45.6 Å². The van der Waals surface area contributed by atoms with E-state index in [9.17, 15) is 4.79 Å². The highest BCUT2D eigenvalue weighted by atomic mass is 16.7. The molecule has 2 aliphatic heterocycles. The second-order valence-electron chi connectivity index (χ2n) is 7.42. The fraction of sp³-hybridized carbons (Fsp3) is 0.381. The molecule has 0 aliphatic carbocycles. The lowest BCUT2D eigenvalue weighted by molar-refractivity contribution is -0.182. The van der Waals surface area contributed by atoms with Crippen molar-refractivity contribution in [2.45, 2.75) is 25.3 Å². The highest BCUT2D eigenvalue weighted by Crippen LogP contribution is 2.33. The van der Waals surface area contributed by atoms with Crippen molar-refractivity contribution in [3.8, 4) is 0 Å². The van der Waals surface area contributed by atoms with Crippen molar-refractivity contribution in [1.82, 2.24) is 20.0 Å². The number of hydroxylamine groups is 2. The molecule has 0 bridgehead atoms. The second kappa shape index (κ2) is 7.24. The Hall–Kier alpha value is -2.93. The van der Waals surface area contributed by atoms with E-state index in [2.05, 4.69) is 32.0 Å². The molecule has 0 radical (unpaired) electrons. The van der Waals surface area contributed by atoms with Gasteiger partial charge >= 0.3 is 0 Å². The largest absolute Gasteiger partial charge is 0.359 e. The molecule has 7 heteroatoms. The quantitative estimate of drug-likeness (QED) is 0.759. The summed E-state index contributed by atoms with van der Waals surface area (Å²) in [6, 6.07) is 12.1. The number of aromatic amines is 1. The third-order valence-electron chi connectivity index (χ3n) is 5.72. The summed E-state index contributed by atoms with van der Waals surface area (Å²) in [6.45, 7) is 2.14. The molecular formula is C21H23N5O2. The highest BCUT2D eigenvalue weighted by molar-refractivity contribution is 5.79. The van der Waals surface area contributed by atoms with Gasteiger partial charge in [-0.05, 0) is 24.5 Å². The maximum Gasteiger partial charge on any atom is 0.249 e. The Morgan fingerprint density at radius 3 is 2.75 bits per heavy atom. The van der Waals surface area contributed by atoms with Crippen LogP contribution in [0.25, 0.3) is 11.0 Å². The zero-order chi connectivity index (χ0) is 18.9. The van der Waals surface area contributed by atoms with Gasteiger partial charge in [0.1, 0.15) is 0 Å². The average Bonchev–Trinajstić information content (AvgIpc) is 3.43. The topological polar surface area (TPSA) is 74.4 Å². The summed E-state index contributed by atoms with van der Waals surface area (Å²) in [4.78, 5) is 33.2. The lowest BCUT2D eigenvalue weighted by Gasteiger charge is -2.34. The highest BCUT2D eigenvalue weighted by Gasteiger charge is 2.37. The minimum Gasteiger partial charge on any atom is -0.359 e. The molecular weight excluding hydrogens is 354 g/mol. The summed E-state index contributed by atoms with van der Waals surface area (Å²) in [5, 5.41) is 1.62. The minimum absolute atomic E-state index is 0.0171. The predicted octanol–water partition coefficient (Wildman–Crippen LogP) is 3.08. The summed E-state index contributed by atoms with van der Waals surface area (Å²) < 4.78 is 0. The Bertz CT molecular complexity index is 965. The van der Waals surface area contributed by atoms with Crippen molar-refractivity contribution < 1.29 is 9.63 Å². The summed E-state index contributed by atoms with van der Waals surface area (Å²) in [6.07, 6.45) is 6.10. The second-order valence-corrected chi connectivity index (χ2v) is 7.42. The Labute approximate surface area is 163 Å². The number of hydrogen-bond donors (Lipinski definition) is 1. The zero-order valence-electron chi connectivity index (χ0n) is 15.6. The number of piperidine rings is 1. The number of carbonyl (C=O) groups excluding carboxylic acids is 1. The summed E-state index contributed by atoms with van der Waals surface area (Å²) in [5.74, 6) is 0.821. The lowest BCUT2D eigenvalue weighted by atomic mass is 9.94. The van der Waals surface area contributed by atoms with Gasteiger partial charge in [-0.1, -0.05) is 30.3 Å². The van der Waals surface area contributed by atoms with Gasteiger partial charge in [-0.2, -0.15) is 0 Å². The molecule has 2 fully saturated rings. The first-order chi connectivity index (χ1) is 13.8. The zero-order valence-corrected chi connectivity index (χ0v) is 15.6. The molecule has 1 aromatic carbocycles. The van der Waals surface area contributed by atoms with Crippen molar-refractivity contribution in [2.24, 2.45) is 5.92 Å². The van der Waals surface area contributed by atoms with Crippen LogP contribution >= 0.6 is 0 Å². The molecule has 5 rings (SSSR count). The first-order valence-corrected chi connectivity index (χ1v) is 9.85. The lowest BCUT2D eigenvalue weighted by Crippen LogP contribution is -2.42. The van der Waals surface area contributed by atoms with Crippen molar-refractivity contribution in [1.29, 1.82) is 0 Å². The number of H-pyrrole nitrogens is 1. The maximum absolute atomic E-state index is 13.1. The monoisotopic (exact) mass is 377 g/mol. The molecule has 0 spiro atoms. The van der Waals surface area contributed by atoms with Crippen LogP contribution in [0.4, 0.5) is 5.95 Å². The Morgan fingerprint density at radius 2 is 1.93 bits per heavy atom. The van der Waals surface area contributed by atoms with E-state index >= 15 is 0 Å². The van der Waals surface area contributed by atoms with Crippen LogP contribution in [0.1, 0.15) is 30.9 Å². The van der Waals surface area contributed by atoms with Gasteiger partial charge in [0.15, 0.2) is 0 Å². The number of aromatic nitrogens is 3. The molecule has 0 saturated carbocycles. The maximum atomic E-state index is 13.1. The van der Waals surface area contributed by atoms with Gasteiger partial charge in [-0.3, -0.25) is 9.63 Å². The Kier molecular flexibility index (Phi) is 4.44. The molecule has 2 aromatic heterocycles. The number of anilines is 1. The molecule has 1 atom stereocenters. The van der Waals surface area contributed by atoms with Crippen molar-refractivity contribution in [2.75, 3.05) is 24.6 Å². The molecule has 144 valence electrons. The number of nitrogens with zero attached hydrogens (tertiary/aromatic N) is 4. The molecule has 2 saturated heterocycles. The standard InChI is InChI=1S/C21H23N5O2/c27-20(26-19(9-13-28-26)15-4-2-1-3-5-15)16-7-11-25(12-8-16)21-23-14-18-17(24-21)6-10-22-18/h1-6,10,14,16,19,22H,7-9,11-13H2/t19-/m0/s1. The summed E-state index contributed by atoms with van der Waals surface area (Å²) >= 11 is 0. The number of carbonyl (C=O) groups is 1. The smallest absolute Gasteiger partial charge is 0.249 e. The van der Waals surface area contributed by atoms with Gasteiger partial charge in [0.2, 0.25) is 11.9 Å². The van der Waals surface area contributed by atoms with Gasteiger partial charge in [0.05, 0.1) is 29.9 Å². The third kappa shape index (κ3) is 3.11. The van der Waals surface area contributed by atoms with Crippen LogP contribution in [0.2, 0.25) is 0 Å². The van der Waals surface area contributed by atoms with Crippen LogP contribution in [0.3, 0.4) is 0 Å². The molecule has 0 unspecified atom stereocenters. The van der Waals surface area contributed by atoms with Crippen molar-refractivity contribution in [3.05, 3.63) is 54.4 Å². The number of nitrogens with one attached hydrogen (secondary N) is 1. The number of benzene rings is 1. The molecule has 4 heterocycles. The van der Waals surface area contributed by atoms with Crippen LogP contribution in [0, 0.1) is 5.92 Å². The van der Waals surface area contributed by atoms with Crippen molar-refractivity contribution >= 4 is 22.9 Å². The fourth-order valence-electron chi connectivity index (χ4n) is 4.16. The van der Waals surface area contributed by atoms with E-state index in [0.29, 0.717) is 6.61 Å². The third-order valence-corrected chi connectivity index (χ3v) is 5.72. The minimum atomic E-state index is -0.0171. The van der Waals surface area contributed by atoms with Gasteiger partial charge in [0, 0.05) is 31.6 Å². The Balaban J connectivity index is 1.25. The van der Waals surface area contributed by atoms with E-state index in [1.807, 2.05) is 36.7 Å². The van der Waals surface area contributed by atoms with E-state index in [-0.39, 0.29) is 17.9 Å². The average molecular weight is 377 g/mol. The molecule has 1 amide bonds. The van der Waals surface area contributed by atoms with Crippen LogP contribution in [0.5, 0.6) is 0 Å².